The standard InChI is InChI=1S/C26H35ClN2O3/c1-7-18(2)28-25(31)19(3)29(16-20-12-14-21(27)15-13-20)24(30)17-32-23-11-9-8-10-22(23)26(4,5)6/h8-15,18-19H,7,16-17H2,1-6H3,(H,28,31)/t18-,19+/m0/s1. The third kappa shape index (κ3) is 7.27. The summed E-state index contributed by atoms with van der Waals surface area (Å²) in [5.74, 6) is 0.240. The Labute approximate surface area is 197 Å². The highest BCUT2D eigenvalue weighted by molar-refractivity contribution is 6.30. The van der Waals surface area contributed by atoms with E-state index < -0.39 is 6.04 Å². The molecule has 0 aliphatic heterocycles. The van der Waals surface area contributed by atoms with Crippen molar-refractivity contribution in [1.29, 1.82) is 0 Å². The molecule has 6 heteroatoms. The number of nitrogens with zero attached hydrogens (tertiary/aromatic N) is 1. The third-order valence-corrected chi connectivity index (χ3v) is 5.73. The maximum atomic E-state index is 13.2. The van der Waals surface area contributed by atoms with Gasteiger partial charge in [-0.3, -0.25) is 9.59 Å². The summed E-state index contributed by atoms with van der Waals surface area (Å²) >= 11 is 6.00. The van der Waals surface area contributed by atoms with Crippen molar-refractivity contribution >= 4 is 23.4 Å². The minimum atomic E-state index is -0.645. The van der Waals surface area contributed by atoms with Gasteiger partial charge >= 0.3 is 0 Å². The van der Waals surface area contributed by atoms with Gasteiger partial charge in [-0.1, -0.05) is 69.6 Å². The number of amides is 2. The molecule has 0 bridgehead atoms. The maximum Gasteiger partial charge on any atom is 0.261 e. The van der Waals surface area contributed by atoms with Crippen molar-refractivity contribution in [1.82, 2.24) is 10.2 Å². The number of para-hydroxylation sites is 1. The van der Waals surface area contributed by atoms with Crippen LogP contribution in [0.15, 0.2) is 48.5 Å². The van der Waals surface area contributed by atoms with Gasteiger partial charge in [0.15, 0.2) is 6.61 Å². The SMILES string of the molecule is CC[C@H](C)NC(=O)[C@@H](C)N(Cc1ccc(Cl)cc1)C(=O)COc1ccccc1C(C)(C)C. The van der Waals surface area contributed by atoms with Gasteiger partial charge in [0, 0.05) is 17.6 Å². The molecule has 0 fully saturated rings. The van der Waals surface area contributed by atoms with Gasteiger partial charge in [-0.2, -0.15) is 0 Å². The number of hydrogen-bond donors (Lipinski definition) is 1. The van der Waals surface area contributed by atoms with E-state index in [9.17, 15) is 9.59 Å². The largest absolute Gasteiger partial charge is 0.483 e. The second-order valence-corrected chi connectivity index (χ2v) is 9.61. The normalized spacial score (nSPS) is 13.2. The van der Waals surface area contributed by atoms with Crippen LogP contribution in [-0.2, 0) is 21.5 Å². The first-order chi connectivity index (χ1) is 15.0. The molecular weight excluding hydrogens is 424 g/mol. The Morgan fingerprint density at radius 2 is 1.69 bits per heavy atom. The number of carbonyl (C=O) groups is 2. The van der Waals surface area contributed by atoms with Crippen LogP contribution in [0.2, 0.25) is 5.02 Å². The Bertz CT molecular complexity index is 906. The lowest BCUT2D eigenvalue weighted by molar-refractivity contribution is -0.142. The number of halogens is 1. The van der Waals surface area contributed by atoms with Gasteiger partial charge in [0.1, 0.15) is 11.8 Å². The molecule has 0 aliphatic rings. The fourth-order valence-corrected chi connectivity index (χ4v) is 3.40. The van der Waals surface area contributed by atoms with Crippen LogP contribution in [0.5, 0.6) is 5.75 Å². The van der Waals surface area contributed by atoms with E-state index in [1.165, 1.54) is 0 Å². The molecule has 0 aromatic heterocycles. The number of hydrogen-bond acceptors (Lipinski definition) is 3. The van der Waals surface area contributed by atoms with Crippen LogP contribution in [0.1, 0.15) is 59.1 Å². The fourth-order valence-electron chi connectivity index (χ4n) is 3.27. The molecule has 32 heavy (non-hydrogen) atoms. The van der Waals surface area contributed by atoms with Gasteiger partial charge in [-0.05, 0) is 55.0 Å². The highest BCUT2D eigenvalue weighted by Crippen LogP contribution is 2.31. The third-order valence-electron chi connectivity index (χ3n) is 5.48. The Kier molecular flexibility index (Phi) is 9.14. The van der Waals surface area contributed by atoms with Crippen molar-refractivity contribution in [2.45, 2.75) is 72.0 Å². The van der Waals surface area contributed by atoms with Gasteiger partial charge < -0.3 is 15.0 Å². The predicted molar refractivity (Wildman–Crippen MR) is 130 cm³/mol. The van der Waals surface area contributed by atoms with Crippen LogP contribution in [0.25, 0.3) is 0 Å². The summed E-state index contributed by atoms with van der Waals surface area (Å²) < 4.78 is 5.95. The van der Waals surface area contributed by atoms with Crippen molar-refractivity contribution in [2.24, 2.45) is 0 Å². The van der Waals surface area contributed by atoms with E-state index in [2.05, 4.69) is 26.1 Å². The van der Waals surface area contributed by atoms with Crippen LogP contribution >= 0.6 is 11.6 Å². The number of rotatable bonds is 9. The van der Waals surface area contributed by atoms with E-state index in [1.807, 2.05) is 50.2 Å². The van der Waals surface area contributed by atoms with Crippen LogP contribution in [0, 0.1) is 0 Å². The van der Waals surface area contributed by atoms with E-state index >= 15 is 0 Å². The summed E-state index contributed by atoms with van der Waals surface area (Å²) in [6.45, 7) is 12.1. The molecule has 0 spiro atoms. The molecule has 5 nitrogen and oxygen atoms in total. The summed E-state index contributed by atoms with van der Waals surface area (Å²) in [6.07, 6.45) is 0.816. The monoisotopic (exact) mass is 458 g/mol. The lowest BCUT2D eigenvalue weighted by Crippen LogP contribution is -2.50. The molecule has 2 aromatic rings. The second kappa shape index (κ2) is 11.4. The molecule has 1 N–H and O–H groups in total. The molecule has 0 aliphatic carbocycles. The minimum Gasteiger partial charge on any atom is -0.483 e. The zero-order valence-corrected chi connectivity index (χ0v) is 20.7. The van der Waals surface area contributed by atoms with Gasteiger partial charge in [-0.15, -0.1) is 0 Å². The van der Waals surface area contributed by atoms with E-state index in [-0.39, 0.29) is 36.4 Å². The first-order valence-corrected chi connectivity index (χ1v) is 11.5. The zero-order chi connectivity index (χ0) is 23.9. The molecule has 0 saturated carbocycles. The Balaban J connectivity index is 2.21. The van der Waals surface area contributed by atoms with Crippen LogP contribution < -0.4 is 10.1 Å². The van der Waals surface area contributed by atoms with Crippen molar-refractivity contribution in [3.8, 4) is 5.75 Å². The minimum absolute atomic E-state index is 0.0346. The molecule has 0 saturated heterocycles. The van der Waals surface area contributed by atoms with Crippen LogP contribution in [0.4, 0.5) is 0 Å². The number of carbonyl (C=O) groups excluding carboxylic acids is 2. The zero-order valence-electron chi connectivity index (χ0n) is 19.9. The highest BCUT2D eigenvalue weighted by Gasteiger charge is 2.28. The first kappa shape index (κ1) is 25.7. The highest BCUT2D eigenvalue weighted by atomic mass is 35.5. The summed E-state index contributed by atoms with van der Waals surface area (Å²) in [4.78, 5) is 27.6. The second-order valence-electron chi connectivity index (χ2n) is 9.18. The van der Waals surface area contributed by atoms with Crippen LogP contribution in [0.3, 0.4) is 0 Å². The van der Waals surface area contributed by atoms with Crippen molar-refractivity contribution in [3.63, 3.8) is 0 Å². The summed E-state index contributed by atoms with van der Waals surface area (Å²) in [5, 5.41) is 3.59. The molecule has 2 atom stereocenters. The first-order valence-electron chi connectivity index (χ1n) is 11.1. The average Bonchev–Trinajstić information content (AvgIpc) is 2.76. The fraction of sp³-hybridized carbons (Fsp3) is 0.462. The van der Waals surface area contributed by atoms with Gasteiger partial charge in [0.05, 0.1) is 0 Å². The molecule has 0 heterocycles. The Hall–Kier alpha value is -2.53. The molecule has 2 aromatic carbocycles. The molecule has 0 radical (unpaired) electrons. The van der Waals surface area contributed by atoms with E-state index in [1.54, 1.807) is 24.0 Å². The quantitative estimate of drug-likeness (QED) is 0.551. The van der Waals surface area contributed by atoms with E-state index in [4.69, 9.17) is 16.3 Å². The van der Waals surface area contributed by atoms with Crippen LogP contribution in [-0.4, -0.2) is 35.4 Å². The Morgan fingerprint density at radius 1 is 1.06 bits per heavy atom. The molecule has 2 rings (SSSR count). The maximum absolute atomic E-state index is 13.2. The molecule has 174 valence electrons. The Morgan fingerprint density at radius 3 is 2.28 bits per heavy atom. The van der Waals surface area contributed by atoms with Gasteiger partial charge in [-0.25, -0.2) is 0 Å². The lowest BCUT2D eigenvalue weighted by atomic mass is 9.86. The van der Waals surface area contributed by atoms with Gasteiger partial charge in [0.25, 0.3) is 5.91 Å². The molecule has 2 amide bonds. The smallest absolute Gasteiger partial charge is 0.261 e. The van der Waals surface area contributed by atoms with Gasteiger partial charge in [0.2, 0.25) is 5.91 Å². The number of nitrogens with one attached hydrogen (secondary N) is 1. The summed E-state index contributed by atoms with van der Waals surface area (Å²) in [6, 6.07) is 14.4. The van der Waals surface area contributed by atoms with E-state index in [0.29, 0.717) is 10.8 Å². The van der Waals surface area contributed by atoms with Crippen molar-refractivity contribution in [3.05, 3.63) is 64.7 Å². The summed E-state index contributed by atoms with van der Waals surface area (Å²) in [7, 11) is 0. The summed E-state index contributed by atoms with van der Waals surface area (Å²) in [5.41, 5.74) is 1.80. The molecular formula is C26H35ClN2O3. The van der Waals surface area contributed by atoms with Crippen molar-refractivity contribution < 1.29 is 14.3 Å². The average molecular weight is 459 g/mol. The topological polar surface area (TPSA) is 58.6 Å². The lowest BCUT2D eigenvalue weighted by Gasteiger charge is -2.30. The number of ether oxygens (including phenoxy) is 1. The van der Waals surface area contributed by atoms with Crippen molar-refractivity contribution in [2.75, 3.05) is 6.61 Å². The van der Waals surface area contributed by atoms with E-state index in [0.717, 1.165) is 17.5 Å². The molecule has 0 unspecified atom stereocenters. The number of benzene rings is 2. The predicted octanol–water partition coefficient (Wildman–Crippen LogP) is 5.35.